The van der Waals surface area contributed by atoms with Crippen molar-refractivity contribution in [1.82, 2.24) is 9.78 Å². The summed E-state index contributed by atoms with van der Waals surface area (Å²) >= 11 is 3.45. The number of aryl methyl sites for hydroxylation is 1. The van der Waals surface area contributed by atoms with Gasteiger partial charge in [-0.3, -0.25) is 4.68 Å². The lowest BCUT2D eigenvalue weighted by Crippen LogP contribution is -2.09. The molecule has 5 heteroatoms. The average Bonchev–Trinajstić information content (AvgIpc) is 2.86. The zero-order valence-electron chi connectivity index (χ0n) is 10.3. The number of aliphatic hydroxyl groups excluding tert-OH is 1. The number of benzene rings is 1. The summed E-state index contributed by atoms with van der Waals surface area (Å²) in [7, 11) is 1.61. The van der Waals surface area contributed by atoms with Crippen LogP contribution in [0.25, 0.3) is 0 Å². The van der Waals surface area contributed by atoms with Gasteiger partial charge in [0.1, 0.15) is 11.9 Å². The minimum Gasteiger partial charge on any atom is -0.497 e. The van der Waals surface area contributed by atoms with E-state index in [-0.39, 0.29) is 0 Å². The second-order valence-electron chi connectivity index (χ2n) is 3.86. The fraction of sp³-hybridized carbons (Fsp3) is 0.308. The Balaban J connectivity index is 2.42. The Bertz CT molecular complexity index is 540. The number of hydrogen-bond donors (Lipinski definition) is 1. The van der Waals surface area contributed by atoms with E-state index in [9.17, 15) is 5.11 Å². The second kappa shape index (κ2) is 5.54. The van der Waals surface area contributed by atoms with Crippen LogP contribution in [0.1, 0.15) is 24.3 Å². The molecule has 0 spiro atoms. The summed E-state index contributed by atoms with van der Waals surface area (Å²) in [5.41, 5.74) is 1.54. The molecule has 0 bridgehead atoms. The molecule has 1 aromatic heterocycles. The zero-order chi connectivity index (χ0) is 13.1. The molecule has 1 heterocycles. The van der Waals surface area contributed by atoms with Crippen molar-refractivity contribution in [2.24, 2.45) is 0 Å². The van der Waals surface area contributed by atoms with Gasteiger partial charge in [-0.2, -0.15) is 5.10 Å². The first-order valence-electron chi connectivity index (χ1n) is 5.70. The second-order valence-corrected chi connectivity index (χ2v) is 4.72. The van der Waals surface area contributed by atoms with Crippen LogP contribution >= 0.6 is 15.9 Å². The molecule has 0 radical (unpaired) electrons. The maximum absolute atomic E-state index is 10.4. The van der Waals surface area contributed by atoms with E-state index in [2.05, 4.69) is 21.0 Å². The van der Waals surface area contributed by atoms with Crippen LogP contribution in [0, 0.1) is 0 Å². The Morgan fingerprint density at radius 1 is 1.44 bits per heavy atom. The van der Waals surface area contributed by atoms with Gasteiger partial charge in [0.05, 0.1) is 12.8 Å². The third-order valence-electron chi connectivity index (χ3n) is 2.83. The average molecular weight is 311 g/mol. The van der Waals surface area contributed by atoms with Crippen LogP contribution in [0.2, 0.25) is 0 Å². The van der Waals surface area contributed by atoms with Crippen molar-refractivity contribution in [2.45, 2.75) is 19.6 Å². The maximum Gasteiger partial charge on any atom is 0.122 e. The lowest BCUT2D eigenvalue weighted by atomic mass is 10.1. The molecule has 96 valence electrons. The minimum atomic E-state index is -0.725. The highest BCUT2D eigenvalue weighted by Crippen LogP contribution is 2.31. The van der Waals surface area contributed by atoms with Crippen molar-refractivity contribution >= 4 is 15.9 Å². The number of hydrogen-bond acceptors (Lipinski definition) is 3. The van der Waals surface area contributed by atoms with Gasteiger partial charge in [0.2, 0.25) is 0 Å². The van der Waals surface area contributed by atoms with Crippen LogP contribution in [0.15, 0.2) is 34.9 Å². The van der Waals surface area contributed by atoms with Gasteiger partial charge in [0.15, 0.2) is 0 Å². The molecule has 0 aliphatic heterocycles. The smallest absolute Gasteiger partial charge is 0.122 e. The molecule has 2 aromatic rings. The van der Waals surface area contributed by atoms with Crippen LogP contribution in [-0.2, 0) is 6.54 Å². The van der Waals surface area contributed by atoms with E-state index < -0.39 is 6.10 Å². The Morgan fingerprint density at radius 2 is 2.22 bits per heavy atom. The summed E-state index contributed by atoms with van der Waals surface area (Å²) in [5.74, 6) is 0.717. The molecule has 1 aromatic carbocycles. The SMILES string of the molecule is CCn1nccc1C(O)c1cc(OC)ccc1Br. The van der Waals surface area contributed by atoms with E-state index in [0.29, 0.717) is 0 Å². The predicted molar refractivity (Wildman–Crippen MR) is 72.7 cm³/mol. The number of halogens is 1. The highest BCUT2D eigenvalue weighted by molar-refractivity contribution is 9.10. The van der Waals surface area contributed by atoms with Crippen LogP contribution in [0.4, 0.5) is 0 Å². The monoisotopic (exact) mass is 310 g/mol. The molecule has 1 atom stereocenters. The normalized spacial score (nSPS) is 12.4. The van der Waals surface area contributed by atoms with E-state index in [1.165, 1.54) is 0 Å². The third-order valence-corrected chi connectivity index (χ3v) is 3.55. The van der Waals surface area contributed by atoms with Gasteiger partial charge in [0.25, 0.3) is 0 Å². The van der Waals surface area contributed by atoms with E-state index in [1.54, 1.807) is 18.0 Å². The fourth-order valence-electron chi connectivity index (χ4n) is 1.86. The van der Waals surface area contributed by atoms with Crippen molar-refractivity contribution in [3.63, 3.8) is 0 Å². The van der Waals surface area contributed by atoms with Crippen LogP contribution in [0.5, 0.6) is 5.75 Å². The van der Waals surface area contributed by atoms with Crippen molar-refractivity contribution in [1.29, 1.82) is 0 Å². The van der Waals surface area contributed by atoms with Crippen molar-refractivity contribution < 1.29 is 9.84 Å². The van der Waals surface area contributed by atoms with Crippen LogP contribution in [-0.4, -0.2) is 22.0 Å². The molecule has 0 saturated heterocycles. The van der Waals surface area contributed by atoms with Gasteiger partial charge < -0.3 is 9.84 Å². The Kier molecular flexibility index (Phi) is 4.04. The van der Waals surface area contributed by atoms with Crippen LogP contribution < -0.4 is 4.74 Å². The standard InChI is InChI=1S/C13H15BrN2O2/c1-3-16-12(6-7-15-16)13(17)10-8-9(18-2)4-5-11(10)14/h4-8,13,17H,3H2,1-2H3. The van der Waals surface area contributed by atoms with E-state index in [1.807, 2.05) is 31.2 Å². The lowest BCUT2D eigenvalue weighted by molar-refractivity contribution is 0.207. The summed E-state index contributed by atoms with van der Waals surface area (Å²) in [6, 6.07) is 7.35. The number of methoxy groups -OCH3 is 1. The molecular formula is C13H15BrN2O2. The summed E-state index contributed by atoms with van der Waals surface area (Å²) < 4.78 is 7.80. The molecule has 4 nitrogen and oxygen atoms in total. The van der Waals surface area contributed by atoms with Gasteiger partial charge >= 0.3 is 0 Å². The van der Waals surface area contributed by atoms with Gasteiger partial charge in [-0.15, -0.1) is 0 Å². The maximum atomic E-state index is 10.4. The van der Waals surface area contributed by atoms with Crippen LogP contribution in [0.3, 0.4) is 0 Å². The molecular weight excluding hydrogens is 296 g/mol. The predicted octanol–water partition coefficient (Wildman–Crippen LogP) is 2.76. The van der Waals surface area contributed by atoms with Crippen molar-refractivity contribution in [2.75, 3.05) is 7.11 Å². The quantitative estimate of drug-likeness (QED) is 0.944. The summed E-state index contributed by atoms with van der Waals surface area (Å²) in [6.07, 6.45) is 0.966. The van der Waals surface area contributed by atoms with Gasteiger partial charge in [0, 0.05) is 22.8 Å². The molecule has 1 unspecified atom stereocenters. The van der Waals surface area contributed by atoms with Gasteiger partial charge in [-0.05, 0) is 31.2 Å². The Hall–Kier alpha value is -1.33. The highest BCUT2D eigenvalue weighted by Gasteiger charge is 2.18. The molecule has 0 fully saturated rings. The van der Waals surface area contributed by atoms with E-state index in [0.717, 1.165) is 28.0 Å². The summed E-state index contributed by atoms with van der Waals surface area (Å²) in [6.45, 7) is 2.71. The number of aliphatic hydroxyl groups is 1. The van der Waals surface area contributed by atoms with Crippen molar-refractivity contribution in [3.05, 3.63) is 46.2 Å². The molecule has 0 aliphatic carbocycles. The zero-order valence-corrected chi connectivity index (χ0v) is 11.9. The number of ether oxygens (including phenoxy) is 1. The fourth-order valence-corrected chi connectivity index (χ4v) is 2.32. The first-order valence-corrected chi connectivity index (χ1v) is 6.50. The minimum absolute atomic E-state index is 0.717. The molecule has 18 heavy (non-hydrogen) atoms. The highest BCUT2D eigenvalue weighted by atomic mass is 79.9. The van der Waals surface area contributed by atoms with E-state index in [4.69, 9.17) is 4.74 Å². The Labute approximate surface area is 114 Å². The largest absolute Gasteiger partial charge is 0.497 e. The molecule has 0 aliphatic rings. The summed E-state index contributed by atoms with van der Waals surface area (Å²) in [5, 5.41) is 14.6. The molecule has 2 rings (SSSR count). The number of rotatable bonds is 4. The van der Waals surface area contributed by atoms with E-state index >= 15 is 0 Å². The third kappa shape index (κ3) is 2.42. The van der Waals surface area contributed by atoms with Gasteiger partial charge in [-0.25, -0.2) is 0 Å². The molecule has 0 amide bonds. The number of nitrogens with zero attached hydrogens (tertiary/aromatic N) is 2. The molecule has 0 saturated carbocycles. The lowest BCUT2D eigenvalue weighted by Gasteiger charge is -2.15. The Morgan fingerprint density at radius 3 is 2.89 bits per heavy atom. The topological polar surface area (TPSA) is 47.3 Å². The summed E-state index contributed by atoms with van der Waals surface area (Å²) in [4.78, 5) is 0. The first kappa shape index (κ1) is 13.1. The number of aromatic nitrogens is 2. The van der Waals surface area contributed by atoms with Gasteiger partial charge in [-0.1, -0.05) is 15.9 Å². The van der Waals surface area contributed by atoms with Crippen molar-refractivity contribution in [3.8, 4) is 5.75 Å². The first-order chi connectivity index (χ1) is 8.67. The molecule has 1 N–H and O–H groups in total.